The molecule has 1 aliphatic rings. The van der Waals surface area contributed by atoms with Gasteiger partial charge in [-0.05, 0) is 31.2 Å². The zero-order valence-electron chi connectivity index (χ0n) is 9.86. The minimum atomic E-state index is 0.615. The van der Waals surface area contributed by atoms with Crippen molar-refractivity contribution < 1.29 is 0 Å². The molecule has 0 aromatic carbocycles. The average Bonchev–Trinajstić information content (AvgIpc) is 2.98. The molecule has 2 N–H and O–H groups in total. The highest BCUT2D eigenvalue weighted by molar-refractivity contribution is 4.93. The van der Waals surface area contributed by atoms with Crippen LogP contribution in [0.2, 0.25) is 0 Å². The van der Waals surface area contributed by atoms with Crippen LogP contribution in [0, 0.1) is 5.41 Å². The molecule has 0 unspecified atom stereocenters. The lowest BCUT2D eigenvalue weighted by Crippen LogP contribution is -2.14. The van der Waals surface area contributed by atoms with Crippen LogP contribution in [0.15, 0.2) is 0 Å². The van der Waals surface area contributed by atoms with E-state index in [0.29, 0.717) is 5.41 Å². The molecule has 0 atom stereocenters. The molecule has 1 saturated carbocycles. The van der Waals surface area contributed by atoms with Crippen LogP contribution >= 0.6 is 0 Å². The summed E-state index contributed by atoms with van der Waals surface area (Å²) in [6, 6.07) is 0. The highest BCUT2D eigenvalue weighted by Crippen LogP contribution is 2.48. The first kappa shape index (κ1) is 12.0. The monoisotopic (exact) mass is 197 g/mol. The van der Waals surface area contributed by atoms with Gasteiger partial charge in [-0.2, -0.15) is 0 Å². The van der Waals surface area contributed by atoms with E-state index in [1.807, 2.05) is 0 Å². The number of unbranched alkanes of at least 4 members (excludes halogenated alkanes) is 6. The van der Waals surface area contributed by atoms with Gasteiger partial charge < -0.3 is 5.73 Å². The van der Waals surface area contributed by atoms with Crippen LogP contribution in [0.1, 0.15) is 71.1 Å². The molecule has 1 heteroatoms. The Bertz CT molecular complexity index is 138. The van der Waals surface area contributed by atoms with Crippen molar-refractivity contribution in [3.8, 4) is 0 Å². The molecule has 0 saturated heterocycles. The van der Waals surface area contributed by atoms with Crippen LogP contribution < -0.4 is 5.73 Å². The van der Waals surface area contributed by atoms with Crippen molar-refractivity contribution in [2.24, 2.45) is 11.1 Å². The van der Waals surface area contributed by atoms with Gasteiger partial charge in [0.2, 0.25) is 0 Å². The Labute approximate surface area is 89.5 Å². The second kappa shape index (κ2) is 6.44. The van der Waals surface area contributed by atoms with Crippen LogP contribution in [0.3, 0.4) is 0 Å². The predicted octanol–water partition coefficient (Wildman–Crippen LogP) is 3.87. The van der Waals surface area contributed by atoms with E-state index < -0.39 is 0 Å². The van der Waals surface area contributed by atoms with Crippen molar-refractivity contribution in [1.82, 2.24) is 0 Å². The zero-order chi connectivity index (χ0) is 10.3. The molecule has 0 amide bonds. The van der Waals surface area contributed by atoms with E-state index in [1.165, 1.54) is 64.2 Å². The molecular formula is C13H27N. The van der Waals surface area contributed by atoms with Gasteiger partial charge in [0.05, 0.1) is 0 Å². The Morgan fingerprint density at radius 1 is 0.929 bits per heavy atom. The summed E-state index contributed by atoms with van der Waals surface area (Å²) in [5.41, 5.74) is 6.36. The first-order valence-corrected chi connectivity index (χ1v) is 6.53. The summed E-state index contributed by atoms with van der Waals surface area (Å²) in [6.45, 7) is 3.21. The lowest BCUT2D eigenvalue weighted by Gasteiger charge is -2.10. The van der Waals surface area contributed by atoms with Crippen molar-refractivity contribution in [2.75, 3.05) is 6.54 Å². The molecule has 1 nitrogen and oxygen atoms in total. The Hall–Kier alpha value is -0.0400. The van der Waals surface area contributed by atoms with Gasteiger partial charge in [0.15, 0.2) is 0 Å². The third-order valence-corrected chi connectivity index (χ3v) is 3.70. The van der Waals surface area contributed by atoms with Gasteiger partial charge in [0.1, 0.15) is 0 Å². The number of nitrogens with two attached hydrogens (primary N) is 1. The van der Waals surface area contributed by atoms with E-state index in [1.54, 1.807) is 0 Å². The predicted molar refractivity (Wildman–Crippen MR) is 63.3 cm³/mol. The summed E-state index contributed by atoms with van der Waals surface area (Å²) in [5, 5.41) is 0. The topological polar surface area (TPSA) is 26.0 Å². The van der Waals surface area contributed by atoms with Crippen LogP contribution in [0.4, 0.5) is 0 Å². The third-order valence-electron chi connectivity index (χ3n) is 3.70. The lowest BCUT2D eigenvalue weighted by atomic mass is 9.98. The summed E-state index contributed by atoms with van der Waals surface area (Å²) in [5.74, 6) is 0. The van der Waals surface area contributed by atoms with Gasteiger partial charge in [-0.1, -0.05) is 51.9 Å². The van der Waals surface area contributed by atoms with E-state index in [0.717, 1.165) is 6.54 Å². The third kappa shape index (κ3) is 4.45. The van der Waals surface area contributed by atoms with Crippen LogP contribution in [0.5, 0.6) is 0 Å². The van der Waals surface area contributed by atoms with Crippen molar-refractivity contribution in [3.05, 3.63) is 0 Å². The maximum Gasteiger partial charge on any atom is -0.00205 e. The first-order chi connectivity index (χ1) is 6.83. The Kier molecular flexibility index (Phi) is 5.54. The SMILES string of the molecule is CCCCCCCCCC1(CN)CC1. The maximum atomic E-state index is 5.75. The van der Waals surface area contributed by atoms with Crippen molar-refractivity contribution >= 4 is 0 Å². The number of rotatable bonds is 9. The largest absolute Gasteiger partial charge is 0.330 e. The normalized spacial score (nSPS) is 18.4. The van der Waals surface area contributed by atoms with Gasteiger partial charge in [-0.3, -0.25) is 0 Å². The second-order valence-electron chi connectivity index (χ2n) is 5.08. The highest BCUT2D eigenvalue weighted by atomic mass is 14.6. The fourth-order valence-electron chi connectivity index (χ4n) is 2.19. The molecule has 0 aliphatic heterocycles. The standard InChI is InChI=1S/C13H27N/c1-2-3-4-5-6-7-8-9-13(12-14)10-11-13/h2-12,14H2,1H3. The molecule has 0 aromatic heterocycles. The van der Waals surface area contributed by atoms with E-state index in [2.05, 4.69) is 6.92 Å². The molecule has 0 spiro atoms. The molecule has 0 bridgehead atoms. The van der Waals surface area contributed by atoms with Crippen LogP contribution in [0.25, 0.3) is 0 Å². The summed E-state index contributed by atoms with van der Waals surface area (Å²) >= 11 is 0. The molecular weight excluding hydrogens is 170 g/mol. The number of hydrogen-bond donors (Lipinski definition) is 1. The van der Waals surface area contributed by atoms with E-state index >= 15 is 0 Å². The first-order valence-electron chi connectivity index (χ1n) is 6.53. The quantitative estimate of drug-likeness (QED) is 0.558. The molecule has 84 valence electrons. The van der Waals surface area contributed by atoms with Crippen LogP contribution in [-0.4, -0.2) is 6.54 Å². The Morgan fingerprint density at radius 2 is 1.50 bits per heavy atom. The molecule has 0 heterocycles. The van der Waals surface area contributed by atoms with Crippen molar-refractivity contribution in [1.29, 1.82) is 0 Å². The van der Waals surface area contributed by atoms with E-state index in [4.69, 9.17) is 5.73 Å². The zero-order valence-corrected chi connectivity index (χ0v) is 9.86. The van der Waals surface area contributed by atoms with Crippen LogP contribution in [-0.2, 0) is 0 Å². The minimum Gasteiger partial charge on any atom is -0.330 e. The summed E-state index contributed by atoms with van der Waals surface area (Å²) < 4.78 is 0. The smallest absolute Gasteiger partial charge is 0.00205 e. The van der Waals surface area contributed by atoms with Crippen molar-refractivity contribution in [3.63, 3.8) is 0 Å². The average molecular weight is 197 g/mol. The Morgan fingerprint density at radius 3 is 2.00 bits per heavy atom. The molecule has 0 aromatic rings. The maximum absolute atomic E-state index is 5.75. The minimum absolute atomic E-state index is 0.615. The van der Waals surface area contributed by atoms with E-state index in [-0.39, 0.29) is 0 Å². The molecule has 1 fully saturated rings. The highest BCUT2D eigenvalue weighted by Gasteiger charge is 2.39. The fourth-order valence-corrected chi connectivity index (χ4v) is 2.19. The van der Waals surface area contributed by atoms with Gasteiger partial charge in [-0.15, -0.1) is 0 Å². The molecule has 1 rings (SSSR count). The number of hydrogen-bond acceptors (Lipinski definition) is 1. The van der Waals surface area contributed by atoms with E-state index in [9.17, 15) is 0 Å². The summed E-state index contributed by atoms with van der Waals surface area (Å²) in [4.78, 5) is 0. The Balaban J connectivity index is 1.80. The molecule has 14 heavy (non-hydrogen) atoms. The van der Waals surface area contributed by atoms with Gasteiger partial charge in [0.25, 0.3) is 0 Å². The summed E-state index contributed by atoms with van der Waals surface area (Å²) in [7, 11) is 0. The molecule has 0 radical (unpaired) electrons. The summed E-state index contributed by atoms with van der Waals surface area (Å²) in [6.07, 6.45) is 14.2. The van der Waals surface area contributed by atoms with Gasteiger partial charge in [-0.25, -0.2) is 0 Å². The lowest BCUT2D eigenvalue weighted by molar-refractivity contribution is 0.440. The van der Waals surface area contributed by atoms with Gasteiger partial charge in [0, 0.05) is 0 Å². The second-order valence-corrected chi connectivity index (χ2v) is 5.08. The molecule has 1 aliphatic carbocycles. The van der Waals surface area contributed by atoms with Gasteiger partial charge >= 0.3 is 0 Å². The van der Waals surface area contributed by atoms with Crippen molar-refractivity contribution in [2.45, 2.75) is 71.1 Å². The fraction of sp³-hybridized carbons (Fsp3) is 1.00.